The Morgan fingerprint density at radius 1 is 1.27 bits per heavy atom. The number of nitrogens with one attached hydrogen (secondary N) is 1. The molecule has 0 rings (SSSR count). The third kappa shape index (κ3) is 4.81. The zero-order chi connectivity index (χ0) is 12.0. The second-order valence-electron chi connectivity index (χ2n) is 4.26. The molecule has 0 radical (unpaired) electrons. The monoisotopic (exact) mass is 215 g/mol. The number of hydrogen-bond acceptors (Lipinski definition) is 2. The molecular formula is C11H21NO3. The van der Waals surface area contributed by atoms with E-state index in [1.165, 1.54) is 0 Å². The van der Waals surface area contributed by atoms with E-state index in [0.717, 1.165) is 12.8 Å². The summed E-state index contributed by atoms with van der Waals surface area (Å²) in [5.41, 5.74) is 0. The van der Waals surface area contributed by atoms with E-state index >= 15 is 0 Å². The molecular weight excluding hydrogens is 194 g/mol. The van der Waals surface area contributed by atoms with Crippen molar-refractivity contribution in [2.45, 2.75) is 46.6 Å². The average molecular weight is 215 g/mol. The molecule has 0 fully saturated rings. The number of amides is 1. The predicted octanol–water partition coefficient (Wildman–Crippen LogP) is 1.65. The van der Waals surface area contributed by atoms with Crippen molar-refractivity contribution in [1.29, 1.82) is 0 Å². The topological polar surface area (TPSA) is 66.4 Å². The van der Waals surface area contributed by atoms with Gasteiger partial charge in [0, 0.05) is 5.92 Å². The standard InChI is InChI=1S/C11H21NO3/c1-5-6-8(4)10(13)12-9(7(2)3)11(14)15/h7-9H,5-6H2,1-4H3,(H,12,13)(H,14,15). The lowest BCUT2D eigenvalue weighted by Crippen LogP contribution is -2.46. The largest absolute Gasteiger partial charge is 0.480 e. The maximum atomic E-state index is 11.6. The molecule has 15 heavy (non-hydrogen) atoms. The van der Waals surface area contributed by atoms with E-state index in [2.05, 4.69) is 5.32 Å². The minimum atomic E-state index is -0.970. The summed E-state index contributed by atoms with van der Waals surface area (Å²) in [6.07, 6.45) is 1.71. The number of carbonyl (C=O) groups is 2. The Hall–Kier alpha value is -1.06. The number of carboxylic acids is 1. The lowest BCUT2D eigenvalue weighted by atomic mass is 10.0. The summed E-state index contributed by atoms with van der Waals surface area (Å²) < 4.78 is 0. The van der Waals surface area contributed by atoms with Gasteiger partial charge in [-0.15, -0.1) is 0 Å². The normalized spacial score (nSPS) is 14.7. The van der Waals surface area contributed by atoms with E-state index in [-0.39, 0.29) is 17.7 Å². The highest BCUT2D eigenvalue weighted by Gasteiger charge is 2.25. The molecule has 88 valence electrons. The van der Waals surface area contributed by atoms with Gasteiger partial charge in [0.1, 0.15) is 6.04 Å². The van der Waals surface area contributed by atoms with Crippen molar-refractivity contribution in [3.63, 3.8) is 0 Å². The molecule has 4 heteroatoms. The molecule has 0 saturated heterocycles. The van der Waals surface area contributed by atoms with Gasteiger partial charge in [0.2, 0.25) is 5.91 Å². The number of hydrogen-bond donors (Lipinski definition) is 2. The minimum absolute atomic E-state index is 0.0970. The second-order valence-corrected chi connectivity index (χ2v) is 4.26. The average Bonchev–Trinajstić information content (AvgIpc) is 2.12. The van der Waals surface area contributed by atoms with Gasteiger partial charge in [-0.25, -0.2) is 4.79 Å². The first-order chi connectivity index (χ1) is 6.90. The van der Waals surface area contributed by atoms with E-state index in [0.29, 0.717) is 0 Å². The Kier molecular flexibility index (Phi) is 5.97. The van der Waals surface area contributed by atoms with Gasteiger partial charge in [-0.2, -0.15) is 0 Å². The first-order valence-electron chi connectivity index (χ1n) is 5.43. The Balaban J connectivity index is 4.29. The van der Waals surface area contributed by atoms with E-state index in [4.69, 9.17) is 5.11 Å². The molecule has 0 bridgehead atoms. The molecule has 0 spiro atoms. The molecule has 2 unspecified atom stereocenters. The van der Waals surface area contributed by atoms with Crippen LogP contribution in [0.5, 0.6) is 0 Å². The summed E-state index contributed by atoms with van der Waals surface area (Å²) in [5.74, 6) is -1.35. The molecule has 4 nitrogen and oxygen atoms in total. The van der Waals surface area contributed by atoms with Crippen molar-refractivity contribution >= 4 is 11.9 Å². The highest BCUT2D eigenvalue weighted by molar-refractivity contribution is 5.84. The van der Waals surface area contributed by atoms with Crippen LogP contribution in [-0.2, 0) is 9.59 Å². The van der Waals surface area contributed by atoms with Gasteiger partial charge < -0.3 is 10.4 Å². The first-order valence-corrected chi connectivity index (χ1v) is 5.43. The van der Waals surface area contributed by atoms with Gasteiger partial charge in [-0.05, 0) is 12.3 Å². The van der Waals surface area contributed by atoms with Crippen molar-refractivity contribution in [2.75, 3.05) is 0 Å². The third-order valence-corrected chi connectivity index (χ3v) is 2.40. The summed E-state index contributed by atoms with van der Waals surface area (Å²) in [6.45, 7) is 7.38. The minimum Gasteiger partial charge on any atom is -0.480 e. The molecule has 2 atom stereocenters. The van der Waals surface area contributed by atoms with Crippen molar-refractivity contribution < 1.29 is 14.7 Å². The second kappa shape index (κ2) is 6.43. The summed E-state index contributed by atoms with van der Waals surface area (Å²) in [4.78, 5) is 22.4. The molecule has 0 heterocycles. The van der Waals surface area contributed by atoms with E-state index < -0.39 is 12.0 Å². The van der Waals surface area contributed by atoms with Crippen LogP contribution in [0.3, 0.4) is 0 Å². The van der Waals surface area contributed by atoms with Crippen molar-refractivity contribution in [1.82, 2.24) is 5.32 Å². The molecule has 0 aromatic rings. The zero-order valence-corrected chi connectivity index (χ0v) is 9.91. The van der Waals surface area contributed by atoms with E-state index in [1.54, 1.807) is 13.8 Å². The predicted molar refractivity (Wildman–Crippen MR) is 58.5 cm³/mol. The zero-order valence-electron chi connectivity index (χ0n) is 9.91. The van der Waals surface area contributed by atoms with Crippen molar-refractivity contribution in [2.24, 2.45) is 11.8 Å². The molecule has 0 aliphatic rings. The number of carboxylic acid groups (broad SMARTS) is 1. The van der Waals surface area contributed by atoms with E-state index in [9.17, 15) is 9.59 Å². The maximum Gasteiger partial charge on any atom is 0.326 e. The Morgan fingerprint density at radius 2 is 1.80 bits per heavy atom. The molecule has 0 aromatic carbocycles. The van der Waals surface area contributed by atoms with Crippen LogP contribution in [0.1, 0.15) is 40.5 Å². The van der Waals surface area contributed by atoms with Crippen LogP contribution in [0.4, 0.5) is 0 Å². The highest BCUT2D eigenvalue weighted by Crippen LogP contribution is 2.08. The van der Waals surface area contributed by atoms with Crippen LogP contribution < -0.4 is 5.32 Å². The number of rotatable bonds is 6. The lowest BCUT2D eigenvalue weighted by Gasteiger charge is -2.20. The molecule has 0 saturated carbocycles. The van der Waals surface area contributed by atoms with Gasteiger partial charge in [0.05, 0.1) is 0 Å². The number of aliphatic carboxylic acids is 1. The van der Waals surface area contributed by atoms with Crippen LogP contribution in [0.15, 0.2) is 0 Å². The lowest BCUT2D eigenvalue weighted by molar-refractivity contribution is -0.143. The SMILES string of the molecule is CCCC(C)C(=O)NC(C(=O)O)C(C)C. The van der Waals surface area contributed by atoms with Gasteiger partial charge in [0.25, 0.3) is 0 Å². The van der Waals surface area contributed by atoms with Gasteiger partial charge in [-0.3, -0.25) is 4.79 Å². The Bertz CT molecular complexity index is 226. The van der Waals surface area contributed by atoms with Gasteiger partial charge in [-0.1, -0.05) is 34.1 Å². The molecule has 1 amide bonds. The Morgan fingerprint density at radius 3 is 2.13 bits per heavy atom. The third-order valence-electron chi connectivity index (χ3n) is 2.40. The van der Waals surface area contributed by atoms with Crippen LogP contribution in [0.25, 0.3) is 0 Å². The van der Waals surface area contributed by atoms with Crippen LogP contribution in [0.2, 0.25) is 0 Å². The fourth-order valence-electron chi connectivity index (χ4n) is 1.37. The molecule has 0 aliphatic heterocycles. The summed E-state index contributed by atoms with van der Waals surface area (Å²) in [7, 11) is 0. The van der Waals surface area contributed by atoms with Crippen LogP contribution >= 0.6 is 0 Å². The maximum absolute atomic E-state index is 11.6. The van der Waals surface area contributed by atoms with Crippen LogP contribution in [0, 0.1) is 11.8 Å². The number of carbonyl (C=O) groups excluding carboxylic acids is 1. The fourth-order valence-corrected chi connectivity index (χ4v) is 1.37. The first kappa shape index (κ1) is 13.9. The van der Waals surface area contributed by atoms with Crippen LogP contribution in [-0.4, -0.2) is 23.0 Å². The van der Waals surface area contributed by atoms with E-state index in [1.807, 2.05) is 13.8 Å². The van der Waals surface area contributed by atoms with Gasteiger partial charge >= 0.3 is 5.97 Å². The van der Waals surface area contributed by atoms with Crippen molar-refractivity contribution in [3.05, 3.63) is 0 Å². The summed E-state index contributed by atoms with van der Waals surface area (Å²) >= 11 is 0. The summed E-state index contributed by atoms with van der Waals surface area (Å²) in [5, 5.41) is 11.5. The quantitative estimate of drug-likeness (QED) is 0.708. The van der Waals surface area contributed by atoms with Gasteiger partial charge in [0.15, 0.2) is 0 Å². The molecule has 0 aromatic heterocycles. The molecule has 0 aliphatic carbocycles. The highest BCUT2D eigenvalue weighted by atomic mass is 16.4. The smallest absolute Gasteiger partial charge is 0.326 e. The fraction of sp³-hybridized carbons (Fsp3) is 0.818. The molecule has 2 N–H and O–H groups in total. The Labute approximate surface area is 91.1 Å². The summed E-state index contributed by atoms with van der Waals surface area (Å²) in [6, 6.07) is -0.781. The van der Waals surface area contributed by atoms with Crippen molar-refractivity contribution in [3.8, 4) is 0 Å².